The maximum absolute atomic E-state index is 5.34. The molecule has 0 saturated carbocycles. The zero-order valence-electron chi connectivity index (χ0n) is 33.7. The van der Waals surface area contributed by atoms with Crippen LogP contribution in [0.15, 0.2) is 194 Å². The Morgan fingerprint density at radius 1 is 0.317 bits per heavy atom. The highest BCUT2D eigenvalue weighted by Gasteiger charge is 2.21. The molecule has 5 heteroatoms. The van der Waals surface area contributed by atoms with E-state index in [4.69, 9.17) is 24.9 Å². The Kier molecular flexibility index (Phi) is 9.34. The smallest absolute Gasteiger partial charge is 0.164 e. The van der Waals surface area contributed by atoms with E-state index < -0.39 is 0 Å². The summed E-state index contributed by atoms with van der Waals surface area (Å²) in [6, 6.07) is 67.4. The Bertz CT molecular complexity index is 3160. The van der Waals surface area contributed by atoms with Crippen LogP contribution in [0, 0.1) is 0 Å². The van der Waals surface area contributed by atoms with Crippen molar-refractivity contribution in [2.24, 2.45) is 0 Å². The summed E-state index contributed by atoms with van der Waals surface area (Å²) in [4.78, 5) is 25.7. The van der Waals surface area contributed by atoms with Gasteiger partial charge in [-0.2, -0.15) is 0 Å². The zero-order chi connectivity index (χ0) is 40.6. The first-order chi connectivity index (χ1) is 29.3. The van der Waals surface area contributed by atoms with Crippen LogP contribution in [0.5, 0.6) is 0 Å². The SMILES string of the molecule is CC(C)(C)c1cc(-c2ccccc2)c2ccc3ccc(-c4cccc(-c5cccc(-c6nc(-c7ccccc7)nc(-c7ccc(-c8ccccc8)cc7)n6)c5)c4)nc3c2n1. The first-order valence-electron chi connectivity index (χ1n) is 20.3. The van der Waals surface area contributed by atoms with E-state index in [1.54, 1.807) is 0 Å². The van der Waals surface area contributed by atoms with Crippen molar-refractivity contribution < 1.29 is 0 Å². The van der Waals surface area contributed by atoms with Gasteiger partial charge in [-0.15, -0.1) is 0 Å². The highest BCUT2D eigenvalue weighted by atomic mass is 15.0. The second-order valence-electron chi connectivity index (χ2n) is 16.2. The van der Waals surface area contributed by atoms with Crippen molar-refractivity contribution in [3.63, 3.8) is 0 Å². The lowest BCUT2D eigenvalue weighted by Crippen LogP contribution is -2.14. The average molecular weight is 772 g/mol. The number of nitrogens with zero attached hydrogens (tertiary/aromatic N) is 5. The van der Waals surface area contributed by atoms with E-state index in [2.05, 4.69) is 178 Å². The largest absolute Gasteiger partial charge is 0.250 e. The van der Waals surface area contributed by atoms with Gasteiger partial charge in [0.15, 0.2) is 17.5 Å². The molecule has 0 atom stereocenters. The number of pyridine rings is 2. The maximum Gasteiger partial charge on any atom is 0.164 e. The first kappa shape index (κ1) is 36.7. The second-order valence-corrected chi connectivity index (χ2v) is 16.2. The fourth-order valence-corrected chi connectivity index (χ4v) is 7.76. The molecule has 10 aromatic rings. The summed E-state index contributed by atoms with van der Waals surface area (Å²) in [5.41, 5.74) is 14.2. The van der Waals surface area contributed by atoms with Crippen molar-refractivity contribution >= 4 is 21.8 Å². The predicted molar refractivity (Wildman–Crippen MR) is 247 cm³/mol. The molecule has 0 aliphatic heterocycles. The van der Waals surface area contributed by atoms with Crippen LogP contribution in [0.1, 0.15) is 26.5 Å². The third-order valence-corrected chi connectivity index (χ3v) is 11.0. The fraction of sp³-hybridized carbons (Fsp3) is 0.0727. The summed E-state index contributed by atoms with van der Waals surface area (Å²) in [5, 5.41) is 2.16. The number of hydrogen-bond acceptors (Lipinski definition) is 5. The lowest BCUT2D eigenvalue weighted by Gasteiger charge is -2.21. The topological polar surface area (TPSA) is 64.5 Å². The van der Waals surface area contributed by atoms with E-state index in [9.17, 15) is 0 Å². The van der Waals surface area contributed by atoms with Gasteiger partial charge in [-0.1, -0.05) is 191 Å². The van der Waals surface area contributed by atoms with Crippen molar-refractivity contribution in [3.8, 4) is 78.8 Å². The van der Waals surface area contributed by atoms with Crippen LogP contribution in [0.3, 0.4) is 0 Å². The number of fused-ring (bicyclic) bond motifs is 3. The summed E-state index contributed by atoms with van der Waals surface area (Å²) in [7, 11) is 0. The zero-order valence-corrected chi connectivity index (χ0v) is 33.7. The summed E-state index contributed by atoms with van der Waals surface area (Å²) in [6.45, 7) is 6.65. The van der Waals surface area contributed by atoms with E-state index in [1.165, 1.54) is 16.7 Å². The molecule has 10 rings (SSSR count). The monoisotopic (exact) mass is 771 g/mol. The molecule has 0 saturated heterocycles. The fourth-order valence-electron chi connectivity index (χ4n) is 7.76. The molecule has 0 aliphatic carbocycles. The van der Waals surface area contributed by atoms with Gasteiger partial charge in [-0.3, -0.25) is 0 Å². The third kappa shape index (κ3) is 7.22. The number of rotatable bonds is 7. The molecule has 0 aliphatic rings. The third-order valence-electron chi connectivity index (χ3n) is 11.0. The van der Waals surface area contributed by atoms with Gasteiger partial charge in [-0.25, -0.2) is 24.9 Å². The van der Waals surface area contributed by atoms with Gasteiger partial charge in [0.05, 0.1) is 16.7 Å². The number of benzene rings is 7. The Balaban J connectivity index is 1.04. The maximum atomic E-state index is 5.34. The van der Waals surface area contributed by atoms with Gasteiger partial charge in [-0.05, 0) is 57.6 Å². The van der Waals surface area contributed by atoms with Crippen LogP contribution >= 0.6 is 0 Å². The van der Waals surface area contributed by atoms with Crippen molar-refractivity contribution in [2.75, 3.05) is 0 Å². The van der Waals surface area contributed by atoms with Gasteiger partial charge in [0, 0.05) is 44.1 Å². The van der Waals surface area contributed by atoms with Gasteiger partial charge in [0.2, 0.25) is 0 Å². The first-order valence-corrected chi connectivity index (χ1v) is 20.3. The molecule has 0 radical (unpaired) electrons. The van der Waals surface area contributed by atoms with Crippen LogP contribution in [0.4, 0.5) is 0 Å². The van der Waals surface area contributed by atoms with Gasteiger partial charge >= 0.3 is 0 Å². The van der Waals surface area contributed by atoms with Gasteiger partial charge in [0.25, 0.3) is 0 Å². The molecular weight excluding hydrogens is 731 g/mol. The molecule has 7 aromatic carbocycles. The Labute approximate surface area is 350 Å². The minimum atomic E-state index is -0.138. The minimum absolute atomic E-state index is 0.138. The van der Waals surface area contributed by atoms with Crippen LogP contribution in [-0.2, 0) is 5.41 Å². The van der Waals surface area contributed by atoms with Crippen molar-refractivity contribution in [2.45, 2.75) is 26.2 Å². The average Bonchev–Trinajstić information content (AvgIpc) is 3.31. The summed E-state index contributed by atoms with van der Waals surface area (Å²) in [5.74, 6) is 1.87. The molecule has 0 spiro atoms. The second kappa shape index (κ2) is 15.3. The molecule has 0 amide bonds. The molecule has 5 nitrogen and oxygen atoms in total. The quantitative estimate of drug-likeness (QED) is 0.151. The highest BCUT2D eigenvalue weighted by Crippen LogP contribution is 2.37. The van der Waals surface area contributed by atoms with E-state index in [1.807, 2.05) is 36.4 Å². The summed E-state index contributed by atoms with van der Waals surface area (Å²) >= 11 is 0. The molecule has 0 bridgehead atoms. The van der Waals surface area contributed by atoms with E-state index in [0.29, 0.717) is 17.5 Å². The molecule has 60 heavy (non-hydrogen) atoms. The van der Waals surface area contributed by atoms with E-state index >= 15 is 0 Å². The lowest BCUT2D eigenvalue weighted by atomic mass is 9.88. The Morgan fingerprint density at radius 3 is 1.42 bits per heavy atom. The number of aromatic nitrogens is 5. The summed E-state index contributed by atoms with van der Waals surface area (Å²) < 4.78 is 0. The molecule has 3 aromatic heterocycles. The minimum Gasteiger partial charge on any atom is -0.250 e. The summed E-state index contributed by atoms with van der Waals surface area (Å²) in [6.07, 6.45) is 0. The van der Waals surface area contributed by atoms with Crippen LogP contribution in [0.25, 0.3) is 101 Å². The molecular formula is C55H41N5. The van der Waals surface area contributed by atoms with Crippen molar-refractivity contribution in [1.82, 2.24) is 24.9 Å². The highest BCUT2D eigenvalue weighted by molar-refractivity contribution is 6.09. The molecule has 286 valence electrons. The lowest BCUT2D eigenvalue weighted by molar-refractivity contribution is 0.572. The van der Waals surface area contributed by atoms with Crippen molar-refractivity contribution in [1.29, 1.82) is 0 Å². The molecule has 0 fully saturated rings. The van der Waals surface area contributed by atoms with Crippen LogP contribution in [-0.4, -0.2) is 24.9 Å². The van der Waals surface area contributed by atoms with Crippen LogP contribution in [0.2, 0.25) is 0 Å². The van der Waals surface area contributed by atoms with E-state index in [0.717, 1.165) is 72.1 Å². The number of hydrogen-bond donors (Lipinski definition) is 0. The standard InChI is InChI=1S/C55H41N5/c1-55(2,3)49-35-47(38-17-9-5-10-18-38)46-31-29-39-30-32-48(56-50(39)51(46)57-49)44-23-13-21-42(33-44)43-22-14-24-45(34-43)54-59-52(40-19-11-6-12-20-40)58-53(60-54)41-27-25-37(26-28-41)36-15-7-4-8-16-36/h4-35H,1-3H3. The van der Waals surface area contributed by atoms with Crippen LogP contribution < -0.4 is 0 Å². The van der Waals surface area contributed by atoms with E-state index in [-0.39, 0.29) is 5.41 Å². The predicted octanol–water partition coefficient (Wildman–Crippen LogP) is 13.9. The normalized spacial score (nSPS) is 11.6. The van der Waals surface area contributed by atoms with Gasteiger partial charge in [0.1, 0.15) is 0 Å². The molecule has 0 unspecified atom stereocenters. The van der Waals surface area contributed by atoms with Gasteiger partial charge < -0.3 is 0 Å². The Morgan fingerprint density at radius 2 is 0.783 bits per heavy atom. The molecule has 0 N–H and O–H groups in total. The Hall–Kier alpha value is -7.63. The van der Waals surface area contributed by atoms with Crippen molar-refractivity contribution in [3.05, 3.63) is 200 Å². The molecule has 3 heterocycles.